The molecule has 3 aromatic heterocycles. The molecule has 0 aliphatic rings. The minimum absolute atomic E-state index is 0.0168. The number of hydrogen-bond donors (Lipinski definition) is 5. The van der Waals surface area contributed by atoms with Gasteiger partial charge in [0.25, 0.3) is 11.8 Å². The summed E-state index contributed by atoms with van der Waals surface area (Å²) in [6.45, 7) is 0.0242. The highest BCUT2D eigenvalue weighted by Crippen LogP contribution is 2.28. The molecule has 196 valence electrons. The van der Waals surface area contributed by atoms with Crippen LogP contribution < -0.4 is 16.4 Å². The first kappa shape index (κ1) is 25.3. The van der Waals surface area contributed by atoms with Crippen LogP contribution in [0.3, 0.4) is 0 Å². The zero-order valence-corrected chi connectivity index (χ0v) is 20.4. The van der Waals surface area contributed by atoms with E-state index in [4.69, 9.17) is 5.73 Å². The van der Waals surface area contributed by atoms with Gasteiger partial charge in [-0.3, -0.25) is 19.4 Å². The molecule has 0 unspecified atom stereocenters. The number of H-pyrrole nitrogens is 1. The SMILES string of the molecule is NC(=O)[C@H](Cc1c[nH]c2ccccc12)NC(=O)c1nc(C(=O)NCc2ccc(F)cc2)c(O)c2ncccc12. The fraction of sp³-hybridized carbons (Fsp3) is 0.107. The number of para-hydroxylation sites is 1. The molecule has 0 saturated carbocycles. The number of nitrogens with one attached hydrogen (secondary N) is 3. The van der Waals surface area contributed by atoms with Gasteiger partial charge in [0.05, 0.1) is 0 Å². The topological polar surface area (TPSA) is 163 Å². The van der Waals surface area contributed by atoms with Crippen LogP contribution in [-0.4, -0.2) is 43.8 Å². The average molecular weight is 527 g/mol. The lowest BCUT2D eigenvalue weighted by Crippen LogP contribution is -2.46. The van der Waals surface area contributed by atoms with E-state index in [9.17, 15) is 23.9 Å². The minimum atomic E-state index is -1.09. The molecule has 1 atom stereocenters. The first-order chi connectivity index (χ1) is 18.8. The number of rotatable bonds is 8. The highest BCUT2D eigenvalue weighted by molar-refractivity contribution is 6.10. The summed E-state index contributed by atoms with van der Waals surface area (Å²) < 4.78 is 13.2. The number of primary amides is 1. The van der Waals surface area contributed by atoms with E-state index in [-0.39, 0.29) is 29.6 Å². The summed E-state index contributed by atoms with van der Waals surface area (Å²) in [6.07, 6.45) is 3.26. The number of carbonyl (C=O) groups excluding carboxylic acids is 3. The van der Waals surface area contributed by atoms with E-state index in [0.717, 1.165) is 16.5 Å². The van der Waals surface area contributed by atoms with E-state index in [2.05, 4.69) is 25.6 Å². The summed E-state index contributed by atoms with van der Waals surface area (Å²) in [5.74, 6) is -3.23. The molecule has 0 bridgehead atoms. The summed E-state index contributed by atoms with van der Waals surface area (Å²) in [5.41, 5.74) is 7.22. The van der Waals surface area contributed by atoms with Gasteiger partial charge in [-0.05, 0) is 41.5 Å². The average Bonchev–Trinajstić information content (AvgIpc) is 3.35. The summed E-state index contributed by atoms with van der Waals surface area (Å²) >= 11 is 0. The number of aromatic amines is 1. The highest BCUT2D eigenvalue weighted by atomic mass is 19.1. The predicted octanol–water partition coefficient (Wildman–Crippen LogP) is 2.71. The van der Waals surface area contributed by atoms with Gasteiger partial charge in [0.1, 0.15) is 23.1 Å². The maximum Gasteiger partial charge on any atom is 0.274 e. The van der Waals surface area contributed by atoms with Crippen molar-refractivity contribution in [2.24, 2.45) is 5.73 Å². The number of amides is 3. The van der Waals surface area contributed by atoms with E-state index < -0.39 is 41.0 Å². The van der Waals surface area contributed by atoms with E-state index in [1.165, 1.54) is 36.5 Å². The Morgan fingerprint density at radius 2 is 1.72 bits per heavy atom. The normalized spacial score (nSPS) is 11.8. The number of nitrogens with zero attached hydrogens (tertiary/aromatic N) is 2. The van der Waals surface area contributed by atoms with Crippen LogP contribution >= 0.6 is 0 Å². The third kappa shape index (κ3) is 5.23. The number of halogens is 1. The van der Waals surface area contributed by atoms with Crippen molar-refractivity contribution in [1.29, 1.82) is 0 Å². The van der Waals surface area contributed by atoms with Crippen molar-refractivity contribution in [2.75, 3.05) is 0 Å². The number of benzene rings is 2. The van der Waals surface area contributed by atoms with Gasteiger partial charge in [-0.15, -0.1) is 0 Å². The number of pyridine rings is 2. The Kier molecular flexibility index (Phi) is 6.87. The zero-order valence-electron chi connectivity index (χ0n) is 20.4. The van der Waals surface area contributed by atoms with Crippen molar-refractivity contribution in [3.63, 3.8) is 0 Å². The Morgan fingerprint density at radius 3 is 2.49 bits per heavy atom. The van der Waals surface area contributed by atoms with Gasteiger partial charge in [-0.1, -0.05) is 30.3 Å². The van der Waals surface area contributed by atoms with E-state index in [0.29, 0.717) is 5.56 Å². The number of hydrogen-bond acceptors (Lipinski definition) is 6. The standard InChI is InChI=1S/C28H23FN6O4/c29-17-9-7-15(8-10-17)13-33-27(38)24-25(36)22-19(5-3-11-31-22)23(35-24)28(39)34-21(26(30)37)12-16-14-32-20-6-2-1-4-18(16)20/h1-11,14,21,32,36H,12-13H2,(H2,30,37)(H,33,38)(H,34,39)/t21-/m0/s1. The molecule has 5 aromatic rings. The Hall–Kier alpha value is -5.32. The fourth-order valence-corrected chi connectivity index (χ4v) is 4.29. The number of carbonyl (C=O) groups is 3. The molecule has 3 amide bonds. The Labute approximate surface area is 221 Å². The van der Waals surface area contributed by atoms with Crippen LogP contribution in [-0.2, 0) is 17.8 Å². The Balaban J connectivity index is 1.43. The Bertz CT molecular complexity index is 1720. The number of fused-ring (bicyclic) bond motifs is 2. The van der Waals surface area contributed by atoms with Crippen LogP contribution in [0.15, 0.2) is 73.1 Å². The van der Waals surface area contributed by atoms with Crippen LogP contribution in [0.4, 0.5) is 4.39 Å². The summed E-state index contributed by atoms with van der Waals surface area (Å²) in [4.78, 5) is 50.0. The second-order valence-corrected chi connectivity index (χ2v) is 8.86. The van der Waals surface area contributed by atoms with Gasteiger partial charge in [0, 0.05) is 41.6 Å². The summed E-state index contributed by atoms with van der Waals surface area (Å²) in [7, 11) is 0. The largest absolute Gasteiger partial charge is 0.504 e. The molecule has 6 N–H and O–H groups in total. The fourth-order valence-electron chi connectivity index (χ4n) is 4.29. The molecule has 11 heteroatoms. The second kappa shape index (κ2) is 10.6. The van der Waals surface area contributed by atoms with Crippen LogP contribution in [0.25, 0.3) is 21.8 Å². The maximum absolute atomic E-state index is 13.4. The van der Waals surface area contributed by atoms with Gasteiger partial charge in [-0.25, -0.2) is 9.37 Å². The quantitative estimate of drug-likeness (QED) is 0.209. The van der Waals surface area contributed by atoms with Crippen molar-refractivity contribution in [2.45, 2.75) is 19.0 Å². The zero-order chi connectivity index (χ0) is 27.5. The first-order valence-electron chi connectivity index (χ1n) is 12.0. The van der Waals surface area contributed by atoms with Crippen molar-refractivity contribution in [3.8, 4) is 5.75 Å². The van der Waals surface area contributed by atoms with Crippen LogP contribution in [0.2, 0.25) is 0 Å². The highest BCUT2D eigenvalue weighted by Gasteiger charge is 2.26. The number of nitrogens with two attached hydrogens (primary N) is 1. The van der Waals surface area contributed by atoms with Gasteiger partial charge in [-0.2, -0.15) is 0 Å². The molecule has 0 radical (unpaired) electrons. The van der Waals surface area contributed by atoms with Crippen molar-refractivity contribution in [1.82, 2.24) is 25.6 Å². The van der Waals surface area contributed by atoms with E-state index >= 15 is 0 Å². The second-order valence-electron chi connectivity index (χ2n) is 8.86. The molecule has 10 nitrogen and oxygen atoms in total. The smallest absolute Gasteiger partial charge is 0.274 e. The summed E-state index contributed by atoms with van der Waals surface area (Å²) in [5, 5.41) is 17.0. The van der Waals surface area contributed by atoms with E-state index in [1.807, 2.05) is 24.3 Å². The summed E-state index contributed by atoms with van der Waals surface area (Å²) in [6, 6.07) is 15.0. The van der Waals surface area contributed by atoms with Gasteiger partial charge in [0.15, 0.2) is 11.4 Å². The lowest BCUT2D eigenvalue weighted by Gasteiger charge is -2.17. The number of aromatic hydroxyl groups is 1. The lowest BCUT2D eigenvalue weighted by atomic mass is 10.0. The lowest BCUT2D eigenvalue weighted by molar-refractivity contribution is -0.119. The molecule has 39 heavy (non-hydrogen) atoms. The molecule has 0 spiro atoms. The molecule has 0 aliphatic carbocycles. The van der Waals surface area contributed by atoms with Crippen LogP contribution in [0.5, 0.6) is 5.75 Å². The molecular formula is C28H23FN6O4. The Morgan fingerprint density at radius 1 is 0.974 bits per heavy atom. The molecule has 0 fully saturated rings. The molecule has 0 aliphatic heterocycles. The maximum atomic E-state index is 13.4. The van der Waals surface area contributed by atoms with Crippen molar-refractivity contribution >= 4 is 39.5 Å². The third-order valence-electron chi connectivity index (χ3n) is 6.28. The van der Waals surface area contributed by atoms with Crippen LogP contribution in [0.1, 0.15) is 32.1 Å². The molecular weight excluding hydrogens is 503 g/mol. The van der Waals surface area contributed by atoms with Crippen molar-refractivity contribution < 1.29 is 23.9 Å². The molecule has 5 rings (SSSR count). The first-order valence-corrected chi connectivity index (χ1v) is 12.0. The van der Waals surface area contributed by atoms with Gasteiger partial charge in [0.2, 0.25) is 5.91 Å². The minimum Gasteiger partial charge on any atom is -0.504 e. The molecule has 0 saturated heterocycles. The van der Waals surface area contributed by atoms with Crippen molar-refractivity contribution in [3.05, 3.63) is 101 Å². The monoisotopic (exact) mass is 526 g/mol. The van der Waals surface area contributed by atoms with Gasteiger partial charge >= 0.3 is 0 Å². The van der Waals surface area contributed by atoms with E-state index in [1.54, 1.807) is 12.3 Å². The molecule has 2 aromatic carbocycles. The molecule has 3 heterocycles. The predicted molar refractivity (Wildman–Crippen MR) is 141 cm³/mol. The van der Waals surface area contributed by atoms with Crippen LogP contribution in [0, 0.1) is 5.82 Å². The van der Waals surface area contributed by atoms with Gasteiger partial charge < -0.3 is 26.5 Å². The third-order valence-corrected chi connectivity index (χ3v) is 6.28. The number of aromatic nitrogens is 3.